The van der Waals surface area contributed by atoms with Gasteiger partial charge in [0.2, 0.25) is 0 Å². The van der Waals surface area contributed by atoms with Gasteiger partial charge in [-0.05, 0) is 136 Å². The molecule has 2 aliphatic carbocycles. The van der Waals surface area contributed by atoms with Crippen LogP contribution in [-0.4, -0.2) is 20.6 Å². The fourth-order valence-electron chi connectivity index (χ4n) is 17.0. The second kappa shape index (κ2) is 45.8. The molecule has 0 unspecified atom stereocenters. The van der Waals surface area contributed by atoms with Crippen LogP contribution in [0.5, 0.6) is 0 Å². The molecule has 2 heterocycles. The first-order chi connectivity index (χ1) is 45.5. The van der Waals surface area contributed by atoms with Gasteiger partial charge in [-0.1, -0.05) is 387 Å². The van der Waals surface area contributed by atoms with E-state index < -0.39 is 0 Å². The Hall–Kier alpha value is -2.58. The van der Waals surface area contributed by atoms with Crippen LogP contribution < -0.4 is 0 Å². The fraction of sp³-hybridized carbons (Fsp3) is 0.786. The summed E-state index contributed by atoms with van der Waals surface area (Å²) < 4.78 is 13.6. The maximum Gasteiger partial charge on any atom is 0.150 e. The topological polar surface area (TPSA) is 77.8 Å². The molecule has 7 rings (SSSR count). The Bertz CT molecular complexity index is 2480. The Morgan fingerprint density at radius 3 is 0.630 bits per heavy atom. The van der Waals surface area contributed by atoms with E-state index in [9.17, 15) is 0 Å². The lowest BCUT2D eigenvalue weighted by molar-refractivity contribution is 0.315. The Kier molecular flexibility index (Phi) is 38.3. The number of benzene rings is 3. The zero-order valence-corrected chi connectivity index (χ0v) is 63.3. The zero-order chi connectivity index (χ0) is 64.6. The minimum absolute atomic E-state index is 0.158. The van der Waals surface area contributed by atoms with Gasteiger partial charge >= 0.3 is 0 Å². The van der Waals surface area contributed by atoms with E-state index in [0.717, 1.165) is 56.7 Å². The van der Waals surface area contributed by atoms with Crippen molar-refractivity contribution in [2.45, 2.75) is 424 Å². The standard InChI is InChI=1S/C84H136Br2N4O2/c1-5-9-13-17-21-25-29-33-37-41-45-49-53-57-61-83(62-58-54-50-46-42-38-34-30-26-22-18-14-10-6-2)71-65-70-72(66-69(71)77-73(83)67-75(85)79-81(77)89-91-87-79)84(74-68-76(86)80-82(78(70)74)90-92-88-80,63-59-55-51-47-43-39-35-31-27-23-19-15-11-7-3)64-60-56-52-48-44-40-36-32-28-24-20-16-12-8-4/h65-68H,5-64H2,1-4H3. The average molecular weight is 1390 g/mol. The maximum atomic E-state index is 5.77. The van der Waals surface area contributed by atoms with Crippen LogP contribution in [0.3, 0.4) is 0 Å². The summed E-state index contributed by atoms with van der Waals surface area (Å²) in [7, 11) is 0. The Balaban J connectivity index is 1.14. The monoisotopic (exact) mass is 1390 g/mol. The summed E-state index contributed by atoms with van der Waals surface area (Å²) in [6.07, 6.45) is 81.5. The molecule has 0 spiro atoms. The van der Waals surface area contributed by atoms with E-state index in [2.05, 4.69) is 94.1 Å². The normalized spacial score (nSPS) is 13.7. The van der Waals surface area contributed by atoms with E-state index in [-0.39, 0.29) is 10.8 Å². The highest BCUT2D eigenvalue weighted by Gasteiger charge is 2.50. The van der Waals surface area contributed by atoms with Gasteiger partial charge in [0, 0.05) is 30.9 Å². The predicted molar refractivity (Wildman–Crippen MR) is 405 cm³/mol. The number of fused-ring (bicyclic) bond motifs is 10. The lowest BCUT2D eigenvalue weighted by Crippen LogP contribution is -2.27. The second-order valence-corrected chi connectivity index (χ2v) is 31.7. The first-order valence-electron chi connectivity index (χ1n) is 40.6. The molecule has 92 heavy (non-hydrogen) atoms. The van der Waals surface area contributed by atoms with E-state index in [1.807, 2.05) is 0 Å². The Labute approximate surface area is 581 Å². The first-order valence-corrected chi connectivity index (χ1v) is 42.1. The number of nitrogens with zero attached hydrogens (tertiary/aromatic N) is 4. The van der Waals surface area contributed by atoms with Crippen LogP contribution in [0, 0.1) is 0 Å². The maximum absolute atomic E-state index is 5.77. The van der Waals surface area contributed by atoms with Crippen molar-refractivity contribution in [3.05, 3.63) is 55.5 Å². The van der Waals surface area contributed by atoms with Crippen molar-refractivity contribution < 1.29 is 9.26 Å². The van der Waals surface area contributed by atoms with Gasteiger partial charge in [-0.15, -0.1) is 0 Å². The predicted octanol–water partition coefficient (Wildman–Crippen LogP) is 30.3. The molecule has 3 aromatic carbocycles. The third-order valence-corrected chi connectivity index (χ3v) is 23.8. The largest absolute Gasteiger partial charge is 0.243 e. The molecule has 0 fully saturated rings. The van der Waals surface area contributed by atoms with Gasteiger partial charge in [0.05, 0.1) is 0 Å². The van der Waals surface area contributed by atoms with Crippen LogP contribution in [0.15, 0.2) is 42.5 Å². The third-order valence-electron chi connectivity index (χ3n) is 22.6. The highest BCUT2D eigenvalue weighted by molar-refractivity contribution is 9.11. The molecule has 2 aliphatic rings. The van der Waals surface area contributed by atoms with Crippen molar-refractivity contribution in [1.29, 1.82) is 0 Å². The van der Waals surface area contributed by atoms with Gasteiger partial charge < -0.3 is 0 Å². The minimum atomic E-state index is -0.158. The number of hydrogen-bond donors (Lipinski definition) is 0. The van der Waals surface area contributed by atoms with Gasteiger partial charge in [0.15, 0.2) is 0 Å². The van der Waals surface area contributed by atoms with Crippen molar-refractivity contribution in [2.75, 3.05) is 0 Å². The average Bonchev–Trinajstić information content (AvgIpc) is 1.52. The van der Waals surface area contributed by atoms with Crippen molar-refractivity contribution >= 4 is 53.9 Å². The van der Waals surface area contributed by atoms with Crippen LogP contribution in [-0.2, 0) is 10.8 Å². The molecule has 518 valence electrons. The van der Waals surface area contributed by atoms with Gasteiger partial charge in [-0.3, -0.25) is 0 Å². The van der Waals surface area contributed by atoms with Gasteiger partial charge in [0.1, 0.15) is 22.1 Å². The summed E-state index contributed by atoms with van der Waals surface area (Å²) in [5.74, 6) is 0. The quantitative estimate of drug-likeness (QED) is 0.0361. The van der Waals surface area contributed by atoms with E-state index in [1.54, 1.807) is 0 Å². The summed E-state index contributed by atoms with van der Waals surface area (Å²) in [5.41, 5.74) is 14.4. The fourth-order valence-corrected chi connectivity index (χ4v) is 18.0. The molecule has 8 heteroatoms. The van der Waals surface area contributed by atoms with Crippen LogP contribution in [0.4, 0.5) is 0 Å². The van der Waals surface area contributed by atoms with Gasteiger partial charge in [-0.2, -0.15) is 0 Å². The number of hydrogen-bond acceptors (Lipinski definition) is 6. The molecular weight excluding hydrogens is 1260 g/mol. The summed E-state index contributed by atoms with van der Waals surface area (Å²) in [6.45, 7) is 9.29. The molecule has 0 aliphatic heterocycles. The third kappa shape index (κ3) is 23.9. The Morgan fingerprint density at radius 1 is 0.239 bits per heavy atom. The lowest BCUT2D eigenvalue weighted by atomic mass is 9.68. The van der Waals surface area contributed by atoms with Crippen LogP contribution >= 0.6 is 31.9 Å². The van der Waals surface area contributed by atoms with Crippen LogP contribution in [0.1, 0.15) is 435 Å². The molecule has 0 N–H and O–H groups in total. The number of unbranched alkanes of at least 4 members (excludes halogenated alkanes) is 52. The van der Waals surface area contributed by atoms with Gasteiger partial charge in [-0.25, -0.2) is 9.26 Å². The number of rotatable bonds is 60. The Morgan fingerprint density at radius 2 is 0.424 bits per heavy atom. The molecule has 0 bridgehead atoms. The van der Waals surface area contributed by atoms with Crippen LogP contribution in [0.2, 0.25) is 0 Å². The lowest BCUT2D eigenvalue weighted by Gasteiger charge is -2.35. The SMILES string of the molecule is CCCCCCCCCCCCCCCCC1(CCCCCCCCCCCCCCCC)c2cc3c(cc2-c2c1cc(Br)c1nonc21)C(CCCCCCCCCCCCCCCC)(CCCCCCCCCCCCCCCC)c1cc(Br)c2nonc2c1-3. The molecule has 2 aromatic heterocycles. The zero-order valence-electron chi connectivity index (χ0n) is 60.1. The molecule has 0 saturated carbocycles. The summed E-state index contributed by atoms with van der Waals surface area (Å²) in [6, 6.07) is 10.4. The molecule has 0 saturated heterocycles. The van der Waals surface area contributed by atoms with E-state index in [1.165, 1.54) is 404 Å². The second-order valence-electron chi connectivity index (χ2n) is 30.0. The van der Waals surface area contributed by atoms with Crippen molar-refractivity contribution in [1.82, 2.24) is 20.6 Å². The summed E-state index contributed by atoms with van der Waals surface area (Å²) >= 11 is 8.20. The number of halogens is 2. The minimum Gasteiger partial charge on any atom is -0.243 e. The van der Waals surface area contributed by atoms with Crippen molar-refractivity contribution in [3.63, 3.8) is 0 Å². The van der Waals surface area contributed by atoms with E-state index in [0.29, 0.717) is 0 Å². The summed E-state index contributed by atoms with van der Waals surface area (Å²) in [4.78, 5) is 0. The molecule has 6 nitrogen and oxygen atoms in total. The number of aromatic nitrogens is 4. The molecular formula is C84H136Br2N4O2. The van der Waals surface area contributed by atoms with Gasteiger partial charge in [0.25, 0.3) is 0 Å². The molecule has 0 amide bonds. The highest BCUT2D eigenvalue weighted by Crippen LogP contribution is 2.63. The summed E-state index contributed by atoms with van der Waals surface area (Å²) in [5, 5.41) is 19.0. The van der Waals surface area contributed by atoms with E-state index >= 15 is 0 Å². The van der Waals surface area contributed by atoms with Crippen molar-refractivity contribution in [2.24, 2.45) is 0 Å². The van der Waals surface area contributed by atoms with Crippen LogP contribution in [0.25, 0.3) is 44.3 Å². The molecule has 0 radical (unpaired) electrons. The molecule has 0 atom stereocenters. The van der Waals surface area contributed by atoms with E-state index in [4.69, 9.17) is 19.6 Å². The smallest absolute Gasteiger partial charge is 0.150 e. The molecule has 5 aromatic rings. The first kappa shape index (κ1) is 76.8. The van der Waals surface area contributed by atoms with Crippen molar-refractivity contribution in [3.8, 4) is 22.3 Å². The highest BCUT2D eigenvalue weighted by atomic mass is 79.9.